The summed E-state index contributed by atoms with van der Waals surface area (Å²) < 4.78 is 30.7. The molecule has 0 amide bonds. The van der Waals surface area contributed by atoms with Gasteiger partial charge >= 0.3 is 0 Å². The summed E-state index contributed by atoms with van der Waals surface area (Å²) in [4.78, 5) is 4.15. The molecule has 4 nitrogen and oxygen atoms in total. The van der Waals surface area contributed by atoms with Gasteiger partial charge in [-0.2, -0.15) is 0 Å². The Hall–Kier alpha value is -1.62. The average Bonchev–Trinajstić information content (AvgIpc) is 2.96. The fourth-order valence-electron chi connectivity index (χ4n) is 2.05. The van der Waals surface area contributed by atoms with Gasteiger partial charge in [0.2, 0.25) is 5.89 Å². The van der Waals surface area contributed by atoms with Crippen LogP contribution in [0.3, 0.4) is 0 Å². The second kappa shape index (κ2) is 6.02. The van der Waals surface area contributed by atoms with Crippen molar-refractivity contribution in [2.75, 3.05) is 0 Å². The molecule has 1 heterocycles. The normalized spacial score (nSPS) is 15.1. The molecule has 0 N–H and O–H groups in total. The summed E-state index contributed by atoms with van der Waals surface area (Å²) in [6, 6.07) is 9.52. The van der Waals surface area contributed by atoms with E-state index in [1.807, 2.05) is 44.2 Å². The van der Waals surface area contributed by atoms with Crippen LogP contribution >= 0.6 is 0 Å². The van der Waals surface area contributed by atoms with E-state index in [2.05, 4.69) is 4.98 Å². The van der Waals surface area contributed by atoms with Crippen LogP contribution in [0.1, 0.15) is 38.8 Å². The number of oxazole rings is 1. The summed E-state index contributed by atoms with van der Waals surface area (Å²) in [6.45, 7) is 7.17. The number of rotatable bonds is 5. The molecular weight excluding hydrogens is 286 g/mol. The quantitative estimate of drug-likeness (QED) is 0.841. The van der Waals surface area contributed by atoms with Crippen molar-refractivity contribution in [2.45, 2.75) is 38.2 Å². The molecule has 0 bridgehead atoms. The third-order valence-corrected chi connectivity index (χ3v) is 6.65. The van der Waals surface area contributed by atoms with E-state index in [0.29, 0.717) is 5.76 Å². The number of nitrogens with zero attached hydrogens (tertiary/aromatic N) is 1. The highest BCUT2D eigenvalue weighted by atomic mass is 32.2. The maximum absolute atomic E-state index is 12.5. The number of hydrogen-bond acceptors (Lipinski definition) is 4. The van der Waals surface area contributed by atoms with E-state index in [0.717, 1.165) is 5.56 Å². The van der Waals surface area contributed by atoms with Crippen LogP contribution in [0.15, 0.2) is 40.9 Å². The second-order valence-corrected chi connectivity index (χ2v) is 8.24. The Labute approximate surface area is 126 Å². The van der Waals surface area contributed by atoms with Crippen LogP contribution in [0.4, 0.5) is 0 Å². The Kier molecular flexibility index (Phi) is 4.52. The van der Waals surface area contributed by atoms with E-state index in [-0.39, 0.29) is 11.8 Å². The van der Waals surface area contributed by atoms with Gasteiger partial charge in [-0.1, -0.05) is 44.2 Å². The largest absolute Gasteiger partial charge is 0.439 e. The van der Waals surface area contributed by atoms with Gasteiger partial charge in [-0.3, -0.25) is 0 Å². The highest BCUT2D eigenvalue weighted by Gasteiger charge is 2.33. The molecule has 5 heteroatoms. The Morgan fingerprint density at radius 3 is 2.24 bits per heavy atom. The SMILES string of the molecule is CC(C)[C@H](C)S(=O)(=O)[C@H](C)c1ncc(-c2ccccc2)o1. The molecule has 0 aliphatic carbocycles. The van der Waals surface area contributed by atoms with Gasteiger partial charge in [-0.05, 0) is 19.8 Å². The van der Waals surface area contributed by atoms with Crippen molar-refractivity contribution in [2.24, 2.45) is 5.92 Å². The van der Waals surface area contributed by atoms with Crippen LogP contribution in [0.25, 0.3) is 11.3 Å². The molecular formula is C16H21NO3S. The van der Waals surface area contributed by atoms with Crippen molar-refractivity contribution < 1.29 is 12.8 Å². The van der Waals surface area contributed by atoms with Crippen molar-refractivity contribution in [1.29, 1.82) is 0 Å². The number of aromatic nitrogens is 1. The lowest BCUT2D eigenvalue weighted by atomic mass is 10.2. The maximum atomic E-state index is 12.5. The smallest absolute Gasteiger partial charge is 0.212 e. The lowest BCUT2D eigenvalue weighted by Gasteiger charge is -2.19. The van der Waals surface area contributed by atoms with E-state index in [9.17, 15) is 8.42 Å². The summed E-state index contributed by atoms with van der Waals surface area (Å²) in [6.07, 6.45) is 1.58. The molecule has 1 aromatic carbocycles. The van der Waals surface area contributed by atoms with Crippen molar-refractivity contribution in [3.8, 4) is 11.3 Å². The van der Waals surface area contributed by atoms with Gasteiger partial charge in [-0.15, -0.1) is 0 Å². The van der Waals surface area contributed by atoms with Gasteiger partial charge in [0.1, 0.15) is 5.25 Å². The molecule has 114 valence electrons. The van der Waals surface area contributed by atoms with Crippen molar-refractivity contribution in [1.82, 2.24) is 4.98 Å². The molecule has 0 fully saturated rings. The van der Waals surface area contributed by atoms with Crippen LogP contribution < -0.4 is 0 Å². The van der Waals surface area contributed by atoms with Gasteiger partial charge in [0.05, 0.1) is 11.4 Å². The topological polar surface area (TPSA) is 60.2 Å². The summed E-state index contributed by atoms with van der Waals surface area (Å²) in [7, 11) is -3.32. The molecule has 0 aliphatic heterocycles. The Morgan fingerprint density at radius 2 is 1.67 bits per heavy atom. The van der Waals surface area contributed by atoms with E-state index in [4.69, 9.17) is 4.42 Å². The highest BCUT2D eigenvalue weighted by Crippen LogP contribution is 2.30. The predicted molar refractivity (Wildman–Crippen MR) is 83.6 cm³/mol. The first kappa shape index (κ1) is 15.8. The van der Waals surface area contributed by atoms with E-state index >= 15 is 0 Å². The third-order valence-electron chi connectivity index (χ3n) is 3.88. The first-order valence-electron chi connectivity index (χ1n) is 7.08. The minimum atomic E-state index is -3.32. The van der Waals surface area contributed by atoms with Gasteiger partial charge in [-0.25, -0.2) is 13.4 Å². The molecule has 1 aromatic heterocycles. The number of benzene rings is 1. The van der Waals surface area contributed by atoms with Gasteiger partial charge in [0.25, 0.3) is 0 Å². The molecule has 0 aliphatic rings. The zero-order valence-corrected chi connectivity index (χ0v) is 13.6. The monoisotopic (exact) mass is 307 g/mol. The first-order chi connectivity index (χ1) is 9.84. The predicted octanol–water partition coefficient (Wildman–Crippen LogP) is 3.86. The Bertz CT molecular complexity index is 689. The standard InChI is InChI=1S/C16H21NO3S/c1-11(2)12(3)21(18,19)13(4)16-17-10-15(20-16)14-8-6-5-7-9-14/h5-13H,1-4H3/t12-,13+/m0/s1. The second-order valence-electron chi connectivity index (χ2n) is 5.61. The number of sulfone groups is 1. The van der Waals surface area contributed by atoms with Crippen LogP contribution in [-0.4, -0.2) is 18.7 Å². The van der Waals surface area contributed by atoms with Gasteiger partial charge in [0, 0.05) is 5.56 Å². The third kappa shape index (κ3) is 3.18. The molecule has 2 atom stereocenters. The molecule has 0 saturated heterocycles. The van der Waals surface area contributed by atoms with Crippen LogP contribution in [0.2, 0.25) is 0 Å². The summed E-state index contributed by atoms with van der Waals surface area (Å²) in [5, 5.41) is -1.17. The Balaban J connectivity index is 2.30. The summed E-state index contributed by atoms with van der Waals surface area (Å²) >= 11 is 0. The van der Waals surface area contributed by atoms with Crippen molar-refractivity contribution in [3.05, 3.63) is 42.4 Å². The van der Waals surface area contributed by atoms with Gasteiger partial charge in [0.15, 0.2) is 15.6 Å². The lowest BCUT2D eigenvalue weighted by Crippen LogP contribution is -2.27. The van der Waals surface area contributed by atoms with E-state index in [1.54, 1.807) is 20.0 Å². The van der Waals surface area contributed by atoms with Gasteiger partial charge < -0.3 is 4.42 Å². The zero-order chi connectivity index (χ0) is 15.6. The van der Waals surface area contributed by atoms with E-state index in [1.165, 1.54) is 0 Å². The first-order valence-corrected chi connectivity index (χ1v) is 8.69. The molecule has 0 spiro atoms. The molecule has 0 saturated carbocycles. The minimum Gasteiger partial charge on any atom is -0.439 e. The average molecular weight is 307 g/mol. The van der Waals surface area contributed by atoms with E-state index < -0.39 is 20.3 Å². The highest BCUT2D eigenvalue weighted by molar-refractivity contribution is 7.92. The fourth-order valence-corrected chi connectivity index (χ4v) is 3.85. The fraction of sp³-hybridized carbons (Fsp3) is 0.438. The molecule has 2 aromatic rings. The molecule has 0 radical (unpaired) electrons. The Morgan fingerprint density at radius 1 is 1.05 bits per heavy atom. The molecule has 2 rings (SSSR count). The van der Waals surface area contributed by atoms with Crippen molar-refractivity contribution in [3.63, 3.8) is 0 Å². The van der Waals surface area contributed by atoms with Crippen LogP contribution in [-0.2, 0) is 9.84 Å². The number of hydrogen-bond donors (Lipinski definition) is 0. The minimum absolute atomic E-state index is 0.0565. The maximum Gasteiger partial charge on any atom is 0.212 e. The summed E-state index contributed by atoms with van der Waals surface area (Å²) in [5.41, 5.74) is 0.887. The molecule has 0 unspecified atom stereocenters. The molecule has 21 heavy (non-hydrogen) atoms. The zero-order valence-electron chi connectivity index (χ0n) is 12.8. The van der Waals surface area contributed by atoms with Crippen LogP contribution in [0.5, 0.6) is 0 Å². The summed E-state index contributed by atoms with van der Waals surface area (Å²) in [5.74, 6) is 0.896. The van der Waals surface area contributed by atoms with Crippen molar-refractivity contribution >= 4 is 9.84 Å². The van der Waals surface area contributed by atoms with Crippen LogP contribution in [0, 0.1) is 5.92 Å². The lowest BCUT2D eigenvalue weighted by molar-refractivity contribution is 0.484.